The molecule has 1 aliphatic carbocycles. The van der Waals surface area contributed by atoms with E-state index in [9.17, 15) is 18.0 Å². The summed E-state index contributed by atoms with van der Waals surface area (Å²) in [5, 5.41) is 7.95. The lowest BCUT2D eigenvalue weighted by molar-refractivity contribution is -0.0329. The highest BCUT2D eigenvalue weighted by molar-refractivity contribution is 8.00. The fraction of sp³-hybridized carbons (Fsp3) is 0.529. The van der Waals surface area contributed by atoms with Gasteiger partial charge in [-0.2, -0.15) is 13.2 Å². The van der Waals surface area contributed by atoms with Crippen molar-refractivity contribution in [3.05, 3.63) is 36.0 Å². The van der Waals surface area contributed by atoms with E-state index in [2.05, 4.69) is 19.7 Å². The molecular weight excluding hydrogens is 379 g/mol. The fourth-order valence-corrected chi connectivity index (χ4v) is 4.06. The Morgan fingerprint density at radius 1 is 1.26 bits per heavy atom. The lowest BCUT2D eigenvalue weighted by Gasteiger charge is -2.32. The lowest BCUT2D eigenvalue weighted by Crippen LogP contribution is -2.40. The first-order chi connectivity index (χ1) is 12.9. The standard InChI is InChI=1S/C17H18F3N5OS/c18-17(19,20)27-15-13(4-1-7-21-15)16(26)24-8-2-3-11(9-24)14-23-22-10-25(14)12-5-6-12/h1,4,7,10-12H,2-3,5-6,8-9H2/t11-/m0/s1. The quantitative estimate of drug-likeness (QED) is 0.737. The average Bonchev–Trinajstić information content (AvgIpc) is 3.37. The Labute approximate surface area is 158 Å². The number of halogens is 3. The van der Waals surface area contributed by atoms with Gasteiger partial charge in [0.05, 0.1) is 5.56 Å². The summed E-state index contributed by atoms with van der Waals surface area (Å²) in [4.78, 5) is 18.3. The first-order valence-corrected chi connectivity index (χ1v) is 9.63. The van der Waals surface area contributed by atoms with Gasteiger partial charge in [0, 0.05) is 43.0 Å². The van der Waals surface area contributed by atoms with Crippen LogP contribution in [0.5, 0.6) is 0 Å². The van der Waals surface area contributed by atoms with Gasteiger partial charge in [0.1, 0.15) is 17.2 Å². The Balaban J connectivity index is 1.53. The summed E-state index contributed by atoms with van der Waals surface area (Å²) < 4.78 is 40.4. The van der Waals surface area contributed by atoms with Gasteiger partial charge in [0.25, 0.3) is 5.91 Å². The van der Waals surface area contributed by atoms with Crippen LogP contribution in [0.25, 0.3) is 0 Å². The van der Waals surface area contributed by atoms with E-state index in [1.165, 1.54) is 18.3 Å². The van der Waals surface area contributed by atoms with E-state index in [-0.39, 0.29) is 28.3 Å². The molecule has 27 heavy (non-hydrogen) atoms. The Morgan fingerprint density at radius 2 is 2.07 bits per heavy atom. The van der Waals surface area contributed by atoms with Crippen molar-refractivity contribution >= 4 is 17.7 Å². The van der Waals surface area contributed by atoms with Crippen molar-refractivity contribution in [1.29, 1.82) is 0 Å². The van der Waals surface area contributed by atoms with Crippen molar-refractivity contribution in [3.63, 3.8) is 0 Å². The molecule has 0 unspecified atom stereocenters. The van der Waals surface area contributed by atoms with Gasteiger partial charge in [0.15, 0.2) is 0 Å². The molecule has 0 bridgehead atoms. The van der Waals surface area contributed by atoms with Crippen LogP contribution in [-0.2, 0) is 0 Å². The minimum Gasteiger partial charge on any atom is -0.338 e. The van der Waals surface area contributed by atoms with Crippen LogP contribution < -0.4 is 0 Å². The van der Waals surface area contributed by atoms with Crippen LogP contribution in [-0.4, -0.2) is 49.2 Å². The number of amides is 1. The van der Waals surface area contributed by atoms with E-state index in [1.54, 1.807) is 11.2 Å². The molecule has 0 radical (unpaired) electrons. The number of carbonyl (C=O) groups excluding carboxylic acids is 1. The molecule has 2 fully saturated rings. The molecule has 3 heterocycles. The topological polar surface area (TPSA) is 63.9 Å². The Hall–Kier alpha value is -2.10. The zero-order valence-corrected chi connectivity index (χ0v) is 15.2. The lowest BCUT2D eigenvalue weighted by atomic mass is 9.96. The first-order valence-electron chi connectivity index (χ1n) is 8.82. The van der Waals surface area contributed by atoms with Crippen LogP contribution in [0, 0.1) is 0 Å². The average molecular weight is 397 g/mol. The van der Waals surface area contributed by atoms with Crippen LogP contribution in [0.2, 0.25) is 0 Å². The molecule has 0 N–H and O–H groups in total. The molecule has 2 aliphatic rings. The summed E-state index contributed by atoms with van der Waals surface area (Å²) in [5.41, 5.74) is -4.50. The number of aromatic nitrogens is 4. The van der Waals surface area contributed by atoms with Gasteiger partial charge in [0.2, 0.25) is 0 Å². The summed E-state index contributed by atoms with van der Waals surface area (Å²) in [6, 6.07) is 3.33. The number of piperidine rings is 1. The normalized spacial score (nSPS) is 20.7. The second kappa shape index (κ2) is 7.14. The van der Waals surface area contributed by atoms with Crippen LogP contribution in [0.15, 0.2) is 29.7 Å². The zero-order valence-electron chi connectivity index (χ0n) is 14.4. The zero-order chi connectivity index (χ0) is 19.0. The predicted molar refractivity (Wildman–Crippen MR) is 92.3 cm³/mol. The number of hydrogen-bond donors (Lipinski definition) is 0. The maximum absolute atomic E-state index is 12.9. The molecule has 144 valence electrons. The number of carbonyl (C=O) groups is 1. The highest BCUT2D eigenvalue weighted by Crippen LogP contribution is 2.39. The molecule has 6 nitrogen and oxygen atoms in total. The monoisotopic (exact) mass is 397 g/mol. The molecule has 1 amide bonds. The summed E-state index contributed by atoms with van der Waals surface area (Å²) in [6.45, 7) is 0.938. The molecule has 2 aromatic heterocycles. The second-order valence-corrected chi connectivity index (χ2v) is 7.88. The van der Waals surface area contributed by atoms with Crippen molar-refractivity contribution in [2.45, 2.75) is 48.2 Å². The predicted octanol–water partition coefficient (Wildman–Crippen LogP) is 3.64. The Bertz CT molecular complexity index is 836. The van der Waals surface area contributed by atoms with E-state index in [4.69, 9.17) is 0 Å². The number of alkyl halides is 3. The highest BCUT2D eigenvalue weighted by Gasteiger charge is 2.35. The van der Waals surface area contributed by atoms with Crippen LogP contribution >= 0.6 is 11.8 Å². The molecule has 1 aliphatic heterocycles. The molecule has 1 saturated heterocycles. The molecular formula is C17H18F3N5OS. The third-order valence-corrected chi connectivity index (χ3v) is 5.58. The van der Waals surface area contributed by atoms with Crippen molar-refractivity contribution in [2.24, 2.45) is 0 Å². The smallest absolute Gasteiger partial charge is 0.338 e. The van der Waals surface area contributed by atoms with E-state index >= 15 is 0 Å². The van der Waals surface area contributed by atoms with E-state index < -0.39 is 11.4 Å². The van der Waals surface area contributed by atoms with Gasteiger partial charge in [-0.25, -0.2) is 4.98 Å². The number of hydrogen-bond acceptors (Lipinski definition) is 5. The van der Waals surface area contributed by atoms with Gasteiger partial charge >= 0.3 is 5.51 Å². The van der Waals surface area contributed by atoms with E-state index in [1.807, 2.05) is 0 Å². The van der Waals surface area contributed by atoms with Gasteiger partial charge in [-0.3, -0.25) is 4.79 Å². The van der Waals surface area contributed by atoms with Crippen LogP contribution in [0.4, 0.5) is 13.2 Å². The molecule has 1 saturated carbocycles. The molecule has 4 rings (SSSR count). The number of pyridine rings is 1. The molecule has 0 aromatic carbocycles. The van der Waals surface area contributed by atoms with Crippen LogP contribution in [0.3, 0.4) is 0 Å². The van der Waals surface area contributed by atoms with Gasteiger partial charge < -0.3 is 9.47 Å². The third kappa shape index (κ3) is 4.10. The maximum Gasteiger partial charge on any atom is 0.447 e. The summed E-state index contributed by atoms with van der Waals surface area (Å²) in [6.07, 6.45) is 6.86. The Morgan fingerprint density at radius 3 is 2.81 bits per heavy atom. The molecule has 1 atom stereocenters. The molecule has 2 aromatic rings. The highest BCUT2D eigenvalue weighted by atomic mass is 32.2. The first kappa shape index (κ1) is 18.3. The number of rotatable bonds is 4. The van der Waals surface area contributed by atoms with Crippen LogP contribution in [0.1, 0.15) is 53.8 Å². The maximum atomic E-state index is 12.9. The largest absolute Gasteiger partial charge is 0.447 e. The minimum absolute atomic E-state index is 0.0101. The second-order valence-electron chi connectivity index (χ2n) is 6.82. The Kier molecular flexibility index (Phi) is 4.83. The van der Waals surface area contributed by atoms with Crippen molar-refractivity contribution < 1.29 is 18.0 Å². The van der Waals surface area contributed by atoms with E-state index in [0.29, 0.717) is 19.1 Å². The fourth-order valence-electron chi connectivity index (χ4n) is 3.47. The van der Waals surface area contributed by atoms with Gasteiger partial charge in [-0.05, 0) is 37.8 Å². The molecule has 10 heteroatoms. The van der Waals surface area contributed by atoms with Crippen molar-refractivity contribution in [1.82, 2.24) is 24.6 Å². The molecule has 0 spiro atoms. The van der Waals surface area contributed by atoms with Crippen molar-refractivity contribution in [2.75, 3.05) is 13.1 Å². The van der Waals surface area contributed by atoms with E-state index in [0.717, 1.165) is 31.5 Å². The number of thioether (sulfide) groups is 1. The van der Waals surface area contributed by atoms with Gasteiger partial charge in [-0.15, -0.1) is 10.2 Å². The number of likely N-dealkylation sites (tertiary alicyclic amines) is 1. The third-order valence-electron chi connectivity index (χ3n) is 4.83. The SMILES string of the molecule is O=C(c1cccnc1SC(F)(F)F)N1CCC[C@H](c2nncn2C2CC2)C1. The summed E-state index contributed by atoms with van der Waals surface area (Å²) in [7, 11) is 0. The van der Waals surface area contributed by atoms with Gasteiger partial charge in [-0.1, -0.05) is 0 Å². The van der Waals surface area contributed by atoms with Crippen molar-refractivity contribution in [3.8, 4) is 0 Å². The summed E-state index contributed by atoms with van der Waals surface area (Å²) in [5.74, 6) is 0.490. The number of nitrogens with zero attached hydrogens (tertiary/aromatic N) is 5. The minimum atomic E-state index is -4.49. The summed E-state index contributed by atoms with van der Waals surface area (Å²) >= 11 is -0.352.